The van der Waals surface area contributed by atoms with Crippen molar-refractivity contribution in [3.63, 3.8) is 0 Å². The zero-order chi connectivity index (χ0) is 18.0. The second-order valence-corrected chi connectivity index (χ2v) is 5.85. The van der Waals surface area contributed by atoms with Gasteiger partial charge >= 0.3 is 18.2 Å². The molecule has 1 amide bonds. The van der Waals surface area contributed by atoms with E-state index >= 15 is 0 Å². The van der Waals surface area contributed by atoms with E-state index < -0.39 is 18.2 Å². The maximum absolute atomic E-state index is 12.5. The maximum Gasteiger partial charge on any atom is 0.471 e. The molecule has 1 saturated heterocycles. The van der Waals surface area contributed by atoms with Gasteiger partial charge < -0.3 is 14.2 Å². The first kappa shape index (κ1) is 17.2. The fraction of sp³-hybridized carbons (Fsp3) is 0.438. The fourth-order valence-corrected chi connectivity index (χ4v) is 2.66. The maximum atomic E-state index is 12.5. The van der Waals surface area contributed by atoms with Crippen molar-refractivity contribution in [3.05, 3.63) is 30.2 Å². The highest BCUT2D eigenvalue weighted by molar-refractivity contribution is 5.71. The van der Waals surface area contributed by atoms with E-state index in [1.807, 2.05) is 6.92 Å². The van der Waals surface area contributed by atoms with Crippen molar-refractivity contribution >= 4 is 6.09 Å². The smallest absolute Gasteiger partial charge is 0.410 e. The molecule has 1 aliphatic heterocycles. The van der Waals surface area contributed by atoms with E-state index in [0.29, 0.717) is 17.9 Å². The van der Waals surface area contributed by atoms with Crippen LogP contribution >= 0.6 is 0 Å². The average molecular weight is 355 g/mol. The molecule has 6 nitrogen and oxygen atoms in total. The fourth-order valence-electron chi connectivity index (χ4n) is 2.66. The molecule has 1 fully saturated rings. The number of benzene rings is 1. The monoisotopic (exact) mass is 355 g/mol. The number of carbonyl (C=O) groups excluding carboxylic acids is 1. The van der Waals surface area contributed by atoms with Crippen LogP contribution in [0.2, 0.25) is 0 Å². The van der Waals surface area contributed by atoms with Gasteiger partial charge in [-0.2, -0.15) is 18.2 Å². The molecule has 25 heavy (non-hydrogen) atoms. The zero-order valence-corrected chi connectivity index (χ0v) is 13.4. The Kier molecular flexibility index (Phi) is 4.65. The van der Waals surface area contributed by atoms with Crippen molar-refractivity contribution in [1.29, 1.82) is 0 Å². The van der Waals surface area contributed by atoms with E-state index in [-0.39, 0.29) is 11.9 Å². The van der Waals surface area contributed by atoms with E-state index in [1.165, 1.54) is 24.3 Å². The van der Waals surface area contributed by atoms with Gasteiger partial charge in [-0.3, -0.25) is 0 Å². The van der Waals surface area contributed by atoms with Gasteiger partial charge in [0.15, 0.2) is 0 Å². The van der Waals surface area contributed by atoms with Crippen molar-refractivity contribution in [2.45, 2.75) is 38.4 Å². The van der Waals surface area contributed by atoms with Crippen LogP contribution in [0.1, 0.15) is 32.1 Å². The largest absolute Gasteiger partial charge is 0.471 e. The summed E-state index contributed by atoms with van der Waals surface area (Å²) in [7, 11) is 0. The second kappa shape index (κ2) is 6.73. The van der Waals surface area contributed by atoms with Gasteiger partial charge in [0.25, 0.3) is 0 Å². The predicted molar refractivity (Wildman–Crippen MR) is 80.8 cm³/mol. The van der Waals surface area contributed by atoms with Gasteiger partial charge in [0.2, 0.25) is 5.82 Å². The van der Waals surface area contributed by atoms with Crippen molar-refractivity contribution in [3.8, 4) is 17.1 Å². The molecule has 0 spiro atoms. The highest BCUT2D eigenvalue weighted by Gasteiger charge is 2.38. The molecule has 2 heterocycles. The Balaban J connectivity index is 1.68. The van der Waals surface area contributed by atoms with Crippen LogP contribution in [0.25, 0.3) is 11.4 Å². The Bertz CT molecular complexity index is 743. The summed E-state index contributed by atoms with van der Waals surface area (Å²) in [5.41, 5.74) is 0.324. The Morgan fingerprint density at radius 3 is 2.60 bits per heavy atom. The summed E-state index contributed by atoms with van der Waals surface area (Å²) >= 11 is 0. The van der Waals surface area contributed by atoms with Crippen LogP contribution in [0.4, 0.5) is 18.0 Å². The summed E-state index contributed by atoms with van der Waals surface area (Å²) in [6.45, 7) is 2.62. The Hall–Kier alpha value is -2.58. The minimum atomic E-state index is -4.69. The molecule has 1 aliphatic rings. The molecule has 9 heteroatoms. The molecule has 1 aromatic carbocycles. The minimum absolute atomic E-state index is 0.126. The zero-order valence-electron chi connectivity index (χ0n) is 13.4. The standard InChI is InChI=1S/C16H16F3N3O3/c1-10-4-2-3-9-22(10)15(23)24-12-7-5-11(6-8-12)13-20-14(25-21-13)16(17,18)19/h5-8,10H,2-4,9H2,1H3. The Morgan fingerprint density at radius 1 is 1.28 bits per heavy atom. The Morgan fingerprint density at radius 2 is 2.00 bits per heavy atom. The number of amides is 1. The molecule has 0 radical (unpaired) electrons. The average Bonchev–Trinajstić information content (AvgIpc) is 3.06. The van der Waals surface area contributed by atoms with Crippen molar-refractivity contribution in [2.24, 2.45) is 0 Å². The molecule has 2 aromatic rings. The quantitative estimate of drug-likeness (QED) is 0.810. The van der Waals surface area contributed by atoms with Crippen LogP contribution in [-0.2, 0) is 6.18 Å². The number of hydrogen-bond acceptors (Lipinski definition) is 5. The predicted octanol–water partition coefficient (Wildman–Crippen LogP) is 4.13. The Labute approximate surface area is 141 Å². The molecule has 0 saturated carbocycles. The normalized spacial score (nSPS) is 18.2. The summed E-state index contributed by atoms with van der Waals surface area (Å²) in [6, 6.07) is 6.01. The third-order valence-corrected chi connectivity index (χ3v) is 4.02. The minimum Gasteiger partial charge on any atom is -0.410 e. The first-order valence-electron chi connectivity index (χ1n) is 7.84. The third kappa shape index (κ3) is 3.92. The summed E-state index contributed by atoms with van der Waals surface area (Å²) in [5, 5.41) is 3.30. The molecule has 0 aliphatic carbocycles. The molecule has 134 valence electrons. The third-order valence-electron chi connectivity index (χ3n) is 4.02. The molecule has 3 rings (SSSR count). The van der Waals surface area contributed by atoms with Crippen LogP contribution in [0.3, 0.4) is 0 Å². The lowest BCUT2D eigenvalue weighted by Crippen LogP contribution is -2.43. The number of rotatable bonds is 2. The van der Waals surface area contributed by atoms with Crippen molar-refractivity contribution in [1.82, 2.24) is 15.0 Å². The van der Waals surface area contributed by atoms with Gasteiger partial charge in [-0.25, -0.2) is 4.79 Å². The van der Waals surface area contributed by atoms with Crippen molar-refractivity contribution < 1.29 is 27.2 Å². The molecule has 0 N–H and O–H groups in total. The second-order valence-electron chi connectivity index (χ2n) is 5.85. The number of halogens is 3. The topological polar surface area (TPSA) is 68.5 Å². The van der Waals surface area contributed by atoms with E-state index in [9.17, 15) is 18.0 Å². The van der Waals surface area contributed by atoms with Gasteiger partial charge in [-0.05, 0) is 50.5 Å². The number of ether oxygens (including phenoxy) is 1. The number of piperidine rings is 1. The highest BCUT2D eigenvalue weighted by Crippen LogP contribution is 2.30. The van der Waals surface area contributed by atoms with E-state index in [0.717, 1.165) is 19.3 Å². The number of alkyl halides is 3. The SMILES string of the molecule is CC1CCCCN1C(=O)Oc1ccc(-c2noc(C(F)(F)F)n2)cc1. The van der Waals surface area contributed by atoms with Crippen LogP contribution in [0, 0.1) is 0 Å². The summed E-state index contributed by atoms with van der Waals surface area (Å²) in [6.07, 6.45) is -2.15. The van der Waals surface area contributed by atoms with Crippen molar-refractivity contribution in [2.75, 3.05) is 6.54 Å². The number of aromatic nitrogens is 2. The molecule has 1 atom stereocenters. The number of carbonyl (C=O) groups is 1. The summed E-state index contributed by atoms with van der Waals surface area (Å²) < 4.78 is 46.9. The van der Waals surface area contributed by atoms with E-state index in [1.54, 1.807) is 4.90 Å². The highest BCUT2D eigenvalue weighted by atomic mass is 19.4. The van der Waals surface area contributed by atoms with E-state index in [4.69, 9.17) is 4.74 Å². The number of nitrogens with zero attached hydrogens (tertiary/aromatic N) is 3. The lowest BCUT2D eigenvalue weighted by molar-refractivity contribution is -0.159. The molecular formula is C16H16F3N3O3. The van der Waals surface area contributed by atoms with Crippen LogP contribution in [0.15, 0.2) is 28.8 Å². The van der Waals surface area contributed by atoms with E-state index in [2.05, 4.69) is 14.7 Å². The van der Waals surface area contributed by atoms with Crippen LogP contribution in [0.5, 0.6) is 5.75 Å². The van der Waals surface area contributed by atoms with Gasteiger partial charge in [-0.15, -0.1) is 0 Å². The van der Waals surface area contributed by atoms with Gasteiger partial charge in [0.05, 0.1) is 0 Å². The van der Waals surface area contributed by atoms with Gasteiger partial charge in [0, 0.05) is 18.2 Å². The number of likely N-dealkylation sites (tertiary alicyclic amines) is 1. The first-order chi connectivity index (χ1) is 11.8. The molecule has 1 unspecified atom stereocenters. The van der Waals surface area contributed by atoms with Crippen LogP contribution < -0.4 is 4.74 Å². The lowest BCUT2D eigenvalue weighted by Gasteiger charge is -2.32. The molecule has 1 aromatic heterocycles. The first-order valence-corrected chi connectivity index (χ1v) is 7.84. The summed E-state index contributed by atoms with van der Waals surface area (Å²) in [5.74, 6) is -1.29. The van der Waals surface area contributed by atoms with Gasteiger partial charge in [-0.1, -0.05) is 5.16 Å². The number of hydrogen-bond donors (Lipinski definition) is 0. The summed E-state index contributed by atoms with van der Waals surface area (Å²) in [4.78, 5) is 17.2. The molecular weight excluding hydrogens is 339 g/mol. The van der Waals surface area contributed by atoms with Gasteiger partial charge in [0.1, 0.15) is 5.75 Å². The van der Waals surface area contributed by atoms with Crippen LogP contribution in [-0.4, -0.2) is 33.7 Å². The molecule has 0 bridgehead atoms. The lowest BCUT2D eigenvalue weighted by atomic mass is 10.0.